The standard InChI is InChI=1S/C21H28N4O4S/c1-3-29-21(27)22-9-8-19(26)25-12-10-24(11-13-25)14-17-15-30-20(23-17)16-4-6-18(28-2)7-5-16/h4-7,15H,3,8-14H2,1-2H3,(H,22,27). The molecule has 1 aliphatic rings. The van der Waals surface area contributed by atoms with E-state index in [2.05, 4.69) is 15.6 Å². The Morgan fingerprint density at radius 2 is 1.90 bits per heavy atom. The third kappa shape index (κ3) is 6.17. The summed E-state index contributed by atoms with van der Waals surface area (Å²) in [7, 11) is 1.66. The minimum Gasteiger partial charge on any atom is -0.497 e. The van der Waals surface area contributed by atoms with Crippen LogP contribution < -0.4 is 10.1 Å². The van der Waals surface area contributed by atoms with Gasteiger partial charge in [-0.2, -0.15) is 0 Å². The summed E-state index contributed by atoms with van der Waals surface area (Å²) in [5.74, 6) is 0.890. The maximum Gasteiger partial charge on any atom is 0.407 e. The number of nitrogens with zero attached hydrogens (tertiary/aromatic N) is 3. The second kappa shape index (κ2) is 10.9. The fourth-order valence-corrected chi connectivity index (χ4v) is 4.06. The molecule has 1 N–H and O–H groups in total. The van der Waals surface area contributed by atoms with E-state index in [0.717, 1.165) is 41.6 Å². The van der Waals surface area contributed by atoms with Crippen LogP contribution in [0.3, 0.4) is 0 Å². The van der Waals surface area contributed by atoms with E-state index in [1.165, 1.54) is 0 Å². The highest BCUT2D eigenvalue weighted by Crippen LogP contribution is 2.26. The minimum atomic E-state index is -0.479. The summed E-state index contributed by atoms with van der Waals surface area (Å²) >= 11 is 1.64. The van der Waals surface area contributed by atoms with Gasteiger partial charge in [0.25, 0.3) is 0 Å². The first kappa shape index (κ1) is 22.0. The fourth-order valence-electron chi connectivity index (χ4n) is 3.24. The smallest absolute Gasteiger partial charge is 0.407 e. The summed E-state index contributed by atoms with van der Waals surface area (Å²) in [6, 6.07) is 7.91. The molecule has 162 valence electrons. The van der Waals surface area contributed by atoms with Crippen LogP contribution in [0.1, 0.15) is 19.0 Å². The van der Waals surface area contributed by atoms with Crippen molar-refractivity contribution in [3.8, 4) is 16.3 Å². The highest BCUT2D eigenvalue weighted by molar-refractivity contribution is 7.13. The monoisotopic (exact) mass is 432 g/mol. The van der Waals surface area contributed by atoms with Gasteiger partial charge in [-0.05, 0) is 31.2 Å². The molecule has 30 heavy (non-hydrogen) atoms. The van der Waals surface area contributed by atoms with Gasteiger partial charge < -0.3 is 19.7 Å². The number of aromatic nitrogens is 1. The molecule has 2 heterocycles. The van der Waals surface area contributed by atoms with Crippen molar-refractivity contribution >= 4 is 23.3 Å². The molecule has 0 radical (unpaired) electrons. The number of rotatable bonds is 8. The topological polar surface area (TPSA) is 84.0 Å². The molecule has 1 saturated heterocycles. The van der Waals surface area contributed by atoms with Crippen LogP contribution in [-0.2, 0) is 16.1 Å². The lowest BCUT2D eigenvalue weighted by molar-refractivity contribution is -0.132. The van der Waals surface area contributed by atoms with Crippen LogP contribution in [0.4, 0.5) is 4.79 Å². The summed E-state index contributed by atoms with van der Waals surface area (Å²) in [4.78, 5) is 32.5. The molecule has 0 atom stereocenters. The Labute approximate surface area is 180 Å². The van der Waals surface area contributed by atoms with Gasteiger partial charge >= 0.3 is 6.09 Å². The summed E-state index contributed by atoms with van der Waals surface area (Å²) in [6.45, 7) is 6.14. The van der Waals surface area contributed by atoms with Crippen molar-refractivity contribution < 1.29 is 19.1 Å². The SMILES string of the molecule is CCOC(=O)NCCC(=O)N1CCN(Cc2csc(-c3ccc(OC)cc3)n2)CC1. The van der Waals surface area contributed by atoms with E-state index < -0.39 is 6.09 Å². The zero-order chi connectivity index (χ0) is 21.3. The number of carbonyl (C=O) groups excluding carboxylic acids is 2. The number of alkyl carbamates (subject to hydrolysis) is 1. The van der Waals surface area contributed by atoms with E-state index in [1.807, 2.05) is 29.2 Å². The molecule has 0 spiro atoms. The van der Waals surface area contributed by atoms with Crippen LogP contribution in [0.25, 0.3) is 10.6 Å². The molecule has 1 fully saturated rings. The first-order chi connectivity index (χ1) is 14.6. The Kier molecular flexibility index (Phi) is 8.04. The molecule has 9 heteroatoms. The molecule has 1 aromatic heterocycles. The number of hydrogen-bond acceptors (Lipinski definition) is 7. The van der Waals surface area contributed by atoms with Crippen molar-refractivity contribution in [3.63, 3.8) is 0 Å². The third-order valence-corrected chi connectivity index (χ3v) is 5.82. The maximum atomic E-state index is 12.3. The van der Waals surface area contributed by atoms with Crippen LogP contribution in [0.2, 0.25) is 0 Å². The van der Waals surface area contributed by atoms with Gasteiger partial charge in [-0.1, -0.05) is 0 Å². The lowest BCUT2D eigenvalue weighted by Crippen LogP contribution is -2.48. The molecule has 0 bridgehead atoms. The Morgan fingerprint density at radius 1 is 1.17 bits per heavy atom. The number of piperazine rings is 1. The van der Waals surface area contributed by atoms with Crippen LogP contribution in [0, 0.1) is 0 Å². The summed E-state index contributed by atoms with van der Waals surface area (Å²) in [5, 5.41) is 5.68. The van der Waals surface area contributed by atoms with Crippen LogP contribution >= 0.6 is 11.3 Å². The highest BCUT2D eigenvalue weighted by atomic mass is 32.1. The van der Waals surface area contributed by atoms with Crippen molar-refractivity contribution in [2.24, 2.45) is 0 Å². The highest BCUT2D eigenvalue weighted by Gasteiger charge is 2.21. The number of methoxy groups -OCH3 is 1. The molecule has 1 aliphatic heterocycles. The summed E-state index contributed by atoms with van der Waals surface area (Å²) in [6.07, 6.45) is -0.191. The number of hydrogen-bond donors (Lipinski definition) is 1. The van der Waals surface area contributed by atoms with Crippen molar-refractivity contribution in [2.45, 2.75) is 19.9 Å². The summed E-state index contributed by atoms with van der Waals surface area (Å²) < 4.78 is 9.99. The predicted molar refractivity (Wildman–Crippen MR) is 116 cm³/mol. The van der Waals surface area contributed by atoms with Gasteiger partial charge in [-0.25, -0.2) is 9.78 Å². The zero-order valence-corrected chi connectivity index (χ0v) is 18.2. The van der Waals surface area contributed by atoms with Gasteiger partial charge in [-0.3, -0.25) is 9.69 Å². The van der Waals surface area contributed by atoms with Crippen molar-refractivity contribution in [1.29, 1.82) is 0 Å². The maximum absolute atomic E-state index is 12.3. The second-order valence-electron chi connectivity index (χ2n) is 6.93. The summed E-state index contributed by atoms with van der Waals surface area (Å²) in [5.41, 5.74) is 2.13. The van der Waals surface area contributed by atoms with Crippen molar-refractivity contribution in [1.82, 2.24) is 20.1 Å². The first-order valence-electron chi connectivity index (χ1n) is 10.1. The molecule has 2 aromatic rings. The van der Waals surface area contributed by atoms with E-state index >= 15 is 0 Å². The minimum absolute atomic E-state index is 0.0573. The van der Waals surface area contributed by atoms with Crippen molar-refractivity contribution in [2.75, 3.05) is 46.4 Å². The zero-order valence-electron chi connectivity index (χ0n) is 17.4. The molecule has 0 saturated carbocycles. The Balaban J connectivity index is 1.42. The lowest BCUT2D eigenvalue weighted by Gasteiger charge is -2.34. The fraction of sp³-hybridized carbons (Fsp3) is 0.476. The largest absolute Gasteiger partial charge is 0.497 e. The molecule has 2 amide bonds. The van der Waals surface area contributed by atoms with Gasteiger partial charge in [0, 0.05) is 56.6 Å². The Bertz CT molecular complexity index is 832. The first-order valence-corrected chi connectivity index (χ1v) is 11.0. The van der Waals surface area contributed by atoms with E-state index in [1.54, 1.807) is 25.4 Å². The average molecular weight is 433 g/mol. The number of benzene rings is 1. The van der Waals surface area contributed by atoms with Crippen molar-refractivity contribution in [3.05, 3.63) is 35.3 Å². The number of thiazole rings is 1. The van der Waals surface area contributed by atoms with E-state index in [0.29, 0.717) is 26.2 Å². The molecule has 8 nitrogen and oxygen atoms in total. The Morgan fingerprint density at radius 3 is 2.57 bits per heavy atom. The molecule has 0 unspecified atom stereocenters. The number of carbonyl (C=O) groups is 2. The van der Waals surface area contributed by atoms with Gasteiger partial charge in [0.1, 0.15) is 10.8 Å². The predicted octanol–water partition coefficient (Wildman–Crippen LogP) is 2.60. The molecular weight excluding hydrogens is 404 g/mol. The third-order valence-electron chi connectivity index (χ3n) is 4.88. The normalized spacial score (nSPS) is 14.4. The van der Waals surface area contributed by atoms with E-state index in [4.69, 9.17) is 14.5 Å². The lowest BCUT2D eigenvalue weighted by atomic mass is 10.2. The van der Waals surface area contributed by atoms with Crippen LogP contribution in [0.15, 0.2) is 29.6 Å². The van der Waals surface area contributed by atoms with Gasteiger partial charge in [0.05, 0.1) is 19.4 Å². The van der Waals surface area contributed by atoms with Gasteiger partial charge in [0.15, 0.2) is 0 Å². The molecular formula is C21H28N4O4S. The number of ether oxygens (including phenoxy) is 2. The van der Waals surface area contributed by atoms with Crippen LogP contribution in [0.5, 0.6) is 5.75 Å². The molecule has 3 rings (SSSR count). The van der Waals surface area contributed by atoms with E-state index in [9.17, 15) is 9.59 Å². The number of amides is 2. The molecule has 0 aliphatic carbocycles. The van der Waals surface area contributed by atoms with Gasteiger partial charge in [-0.15, -0.1) is 11.3 Å². The quantitative estimate of drug-likeness (QED) is 0.690. The number of nitrogens with one attached hydrogen (secondary N) is 1. The Hall–Kier alpha value is -2.65. The second-order valence-corrected chi connectivity index (χ2v) is 7.78. The van der Waals surface area contributed by atoms with Crippen LogP contribution in [-0.4, -0.2) is 73.2 Å². The van der Waals surface area contributed by atoms with E-state index in [-0.39, 0.29) is 12.3 Å². The molecule has 1 aromatic carbocycles. The average Bonchev–Trinajstić information content (AvgIpc) is 3.23. The van der Waals surface area contributed by atoms with Gasteiger partial charge in [0.2, 0.25) is 5.91 Å².